The Morgan fingerprint density at radius 3 is 2.27 bits per heavy atom. The number of allylic oxidation sites excluding steroid dienone is 5. The fourth-order valence-corrected chi connectivity index (χ4v) is 3.12. The Bertz CT molecular complexity index is 635. The Morgan fingerprint density at radius 2 is 1.68 bits per heavy atom. The molecule has 0 unspecified atom stereocenters. The molecule has 0 atom stereocenters. The zero-order chi connectivity index (χ0) is 13.6. The van der Waals surface area contributed by atoms with E-state index in [-0.39, 0.29) is 36.6 Å². The summed E-state index contributed by atoms with van der Waals surface area (Å²) in [6.45, 7) is 11.8. The predicted molar refractivity (Wildman–Crippen MR) is 95.6 cm³/mol. The van der Waals surface area contributed by atoms with Gasteiger partial charge in [0.05, 0.1) is 0 Å². The number of fused-ring (bicyclic) bond motifs is 1. The third kappa shape index (κ3) is 3.16. The molecular formula is C20H26NTi. The van der Waals surface area contributed by atoms with Gasteiger partial charge in [-0.1, -0.05) is 36.8 Å². The maximum absolute atomic E-state index is 4.76. The molecular weight excluding hydrogens is 302 g/mol. The molecule has 1 aromatic carbocycles. The fraction of sp³-hybridized carbons (Fsp3) is 0.300. The zero-order valence-electron chi connectivity index (χ0n) is 14.5. The van der Waals surface area contributed by atoms with Gasteiger partial charge in [-0.3, -0.25) is 0 Å². The van der Waals surface area contributed by atoms with E-state index in [0.29, 0.717) is 0 Å². The molecule has 0 fully saturated rings. The van der Waals surface area contributed by atoms with Crippen LogP contribution in [0, 0.1) is 14.9 Å². The van der Waals surface area contributed by atoms with Crippen molar-refractivity contribution in [1.29, 1.82) is 0 Å². The van der Waals surface area contributed by atoms with Gasteiger partial charge in [0.2, 0.25) is 0 Å². The van der Waals surface area contributed by atoms with Crippen LogP contribution in [0.15, 0.2) is 47.1 Å². The van der Waals surface area contributed by atoms with Gasteiger partial charge in [0, 0.05) is 0 Å². The van der Waals surface area contributed by atoms with Crippen molar-refractivity contribution in [3.8, 4) is 0 Å². The molecule has 1 heterocycles. The average Bonchev–Trinajstić information content (AvgIpc) is 2.63. The van der Waals surface area contributed by atoms with Gasteiger partial charge in [0.25, 0.3) is 0 Å². The first kappa shape index (κ1) is 21.0. The number of para-hydroxylation sites is 1. The molecule has 1 aliphatic carbocycles. The molecule has 1 nitrogen and oxygen atoms in total. The van der Waals surface area contributed by atoms with E-state index >= 15 is 0 Å². The van der Waals surface area contributed by atoms with E-state index in [0.717, 1.165) is 13.0 Å². The summed E-state index contributed by atoms with van der Waals surface area (Å²) in [7, 11) is 0. The summed E-state index contributed by atoms with van der Waals surface area (Å²) in [5.74, 6) is 0. The summed E-state index contributed by atoms with van der Waals surface area (Å²) in [4.78, 5) is 0. The number of rotatable bonds is 1. The summed E-state index contributed by atoms with van der Waals surface area (Å²) in [5, 5.41) is 4.76. The summed E-state index contributed by atoms with van der Waals surface area (Å²) < 4.78 is 0. The Hall–Kier alpha value is -1.05. The van der Waals surface area contributed by atoms with Crippen LogP contribution in [0.25, 0.3) is 10.9 Å². The normalized spacial score (nSPS) is 16.2. The Labute approximate surface area is 151 Å². The molecule has 115 valence electrons. The minimum Gasteiger partial charge on any atom is -0.684 e. The van der Waals surface area contributed by atoms with Crippen molar-refractivity contribution >= 4 is 11.3 Å². The number of hydrogen-bond donors (Lipinski definition) is 0. The Morgan fingerprint density at radius 1 is 1.00 bits per heavy atom. The van der Waals surface area contributed by atoms with Crippen molar-refractivity contribution in [2.24, 2.45) is 0 Å². The quantitative estimate of drug-likeness (QED) is 0.429. The monoisotopic (exact) mass is 328 g/mol. The van der Waals surface area contributed by atoms with Gasteiger partial charge in [0.15, 0.2) is 0 Å². The molecule has 0 saturated carbocycles. The fourth-order valence-electron chi connectivity index (χ4n) is 3.12. The molecule has 1 aromatic rings. The summed E-state index contributed by atoms with van der Waals surface area (Å²) >= 11 is 0. The van der Waals surface area contributed by atoms with E-state index in [1.807, 2.05) is 0 Å². The van der Waals surface area contributed by atoms with Gasteiger partial charge in [-0.05, 0) is 60.6 Å². The van der Waals surface area contributed by atoms with Crippen LogP contribution in [0.1, 0.15) is 38.3 Å². The van der Waals surface area contributed by atoms with E-state index in [2.05, 4.69) is 45.5 Å². The molecule has 22 heavy (non-hydrogen) atoms. The van der Waals surface area contributed by atoms with Crippen LogP contribution in [-0.4, -0.2) is 6.54 Å². The summed E-state index contributed by atoms with van der Waals surface area (Å²) in [6, 6.07) is 6.57. The first-order valence-electron chi connectivity index (χ1n) is 6.99. The Kier molecular flexibility index (Phi) is 7.61. The second kappa shape index (κ2) is 7.99. The van der Waals surface area contributed by atoms with Gasteiger partial charge < -0.3 is 20.2 Å². The molecule has 1 aliphatic heterocycles. The second-order valence-corrected chi connectivity index (χ2v) is 5.53. The van der Waals surface area contributed by atoms with Gasteiger partial charge in [-0.2, -0.15) is 0 Å². The topological polar surface area (TPSA) is 14.1 Å². The van der Waals surface area contributed by atoms with Crippen LogP contribution in [0.5, 0.6) is 0 Å². The third-order valence-electron chi connectivity index (χ3n) is 4.52. The standard InChI is InChI=1S/C18H20N.2CH3.Ti/c1-11-12(2)14(4)17(13(11)3)16-9-5-7-15-8-6-10-19-18(15)16;;;/h5,7,9H,3,6,8,10H2,1-2,4H3;2*1H3;/q3*-1;+3. The third-order valence-corrected chi connectivity index (χ3v) is 4.52. The van der Waals surface area contributed by atoms with Gasteiger partial charge in [-0.25, -0.2) is 0 Å². The summed E-state index contributed by atoms with van der Waals surface area (Å²) in [5.41, 5.74) is 10.4. The molecule has 0 bridgehead atoms. The van der Waals surface area contributed by atoms with E-state index in [9.17, 15) is 0 Å². The van der Waals surface area contributed by atoms with Crippen molar-refractivity contribution in [1.82, 2.24) is 0 Å². The zero-order valence-corrected chi connectivity index (χ0v) is 16.1. The maximum atomic E-state index is 4.76. The van der Waals surface area contributed by atoms with Crippen LogP contribution in [0.4, 0.5) is 5.69 Å². The average molecular weight is 328 g/mol. The Balaban J connectivity index is 0.00000147. The minimum atomic E-state index is 0. The summed E-state index contributed by atoms with van der Waals surface area (Å²) in [6.07, 6.45) is 2.32. The van der Waals surface area contributed by atoms with E-state index in [4.69, 9.17) is 5.32 Å². The van der Waals surface area contributed by atoms with Crippen LogP contribution < -0.4 is 0 Å². The van der Waals surface area contributed by atoms with Crippen molar-refractivity contribution in [2.45, 2.75) is 33.6 Å². The van der Waals surface area contributed by atoms with E-state index < -0.39 is 0 Å². The molecule has 2 heteroatoms. The van der Waals surface area contributed by atoms with Crippen LogP contribution in [0.3, 0.4) is 0 Å². The first-order valence-corrected chi connectivity index (χ1v) is 6.99. The molecule has 0 N–H and O–H groups in total. The molecule has 0 saturated heterocycles. The van der Waals surface area contributed by atoms with E-state index in [1.165, 1.54) is 51.1 Å². The smallest absolute Gasteiger partial charge is 0.684 e. The van der Waals surface area contributed by atoms with E-state index in [1.54, 1.807) is 0 Å². The second-order valence-electron chi connectivity index (χ2n) is 5.53. The first-order chi connectivity index (χ1) is 9.11. The largest absolute Gasteiger partial charge is 3.00 e. The SMILES string of the molecule is C=C1C(C)=C(C)C(C)=C1c1cccc2c1[N-]CCC2.[CH3-].[CH3-].[Ti+3]. The van der Waals surface area contributed by atoms with Crippen molar-refractivity contribution in [3.63, 3.8) is 0 Å². The molecule has 0 spiro atoms. The molecule has 2 aliphatic rings. The van der Waals surface area contributed by atoms with Gasteiger partial charge in [-0.15, -0.1) is 12.2 Å². The number of benzene rings is 1. The molecule has 0 amide bonds. The number of aryl methyl sites for hydroxylation is 1. The van der Waals surface area contributed by atoms with Crippen molar-refractivity contribution < 1.29 is 21.7 Å². The minimum absolute atomic E-state index is 0. The van der Waals surface area contributed by atoms with Crippen molar-refractivity contribution in [3.05, 3.63) is 78.4 Å². The predicted octanol–water partition coefficient (Wildman–Crippen LogP) is 6.22. The van der Waals surface area contributed by atoms with Crippen LogP contribution >= 0.6 is 0 Å². The number of nitrogens with zero attached hydrogens (tertiary/aromatic N) is 1. The van der Waals surface area contributed by atoms with Gasteiger partial charge in [0.1, 0.15) is 0 Å². The van der Waals surface area contributed by atoms with Crippen molar-refractivity contribution in [2.75, 3.05) is 6.54 Å². The van der Waals surface area contributed by atoms with Crippen LogP contribution in [-0.2, 0) is 28.1 Å². The molecule has 1 radical (unpaired) electrons. The molecule has 3 rings (SSSR count). The maximum Gasteiger partial charge on any atom is 3.00 e. The van der Waals surface area contributed by atoms with Gasteiger partial charge >= 0.3 is 21.7 Å². The van der Waals surface area contributed by atoms with Crippen LogP contribution in [0.2, 0.25) is 0 Å². The molecule has 0 aromatic heterocycles. The number of hydrogen-bond acceptors (Lipinski definition) is 0.